The first kappa shape index (κ1) is 21.0. The number of rotatable bonds is 7. The van der Waals surface area contributed by atoms with E-state index in [1.807, 2.05) is 0 Å². The Kier molecular flexibility index (Phi) is 7.19. The molecule has 0 aliphatic heterocycles. The van der Waals surface area contributed by atoms with E-state index in [-0.39, 0.29) is 11.5 Å². The highest BCUT2D eigenvalue weighted by atomic mass is 16.3. The summed E-state index contributed by atoms with van der Waals surface area (Å²) < 4.78 is 0. The molecule has 6 atom stereocenters. The largest absolute Gasteiger partial charge is 0.393 e. The molecule has 3 N–H and O–H groups in total. The topological polar surface area (TPSA) is 63.3 Å². The molecule has 3 saturated carbocycles. The van der Waals surface area contributed by atoms with Gasteiger partial charge in [-0.05, 0) is 87.0 Å². The quantitative estimate of drug-likeness (QED) is 0.485. The first-order chi connectivity index (χ1) is 13.0. The Balaban J connectivity index is 1.79. The van der Waals surface area contributed by atoms with Gasteiger partial charge in [0.05, 0.1) is 6.10 Å². The van der Waals surface area contributed by atoms with Crippen LogP contribution in [0.2, 0.25) is 0 Å². The summed E-state index contributed by atoms with van der Waals surface area (Å²) >= 11 is 0. The molecule has 0 saturated heterocycles. The average Bonchev–Trinajstić information content (AvgIpc) is 3.08. The van der Waals surface area contributed by atoms with Crippen LogP contribution in [-0.2, 0) is 4.79 Å². The van der Waals surface area contributed by atoms with Crippen LogP contribution in [0.5, 0.6) is 0 Å². The molecule has 3 heteroatoms. The number of aliphatic hydroxyl groups excluding tert-OH is 1. The minimum absolute atomic E-state index is 0.202. The van der Waals surface area contributed by atoms with Crippen molar-refractivity contribution in [3.05, 3.63) is 11.6 Å². The van der Waals surface area contributed by atoms with Crippen molar-refractivity contribution in [3.8, 4) is 0 Å². The van der Waals surface area contributed by atoms with Crippen molar-refractivity contribution in [1.82, 2.24) is 0 Å². The molecular formula is C24H41NO2. The average molecular weight is 376 g/mol. The number of nitrogens with two attached hydrogens (primary N) is 1. The van der Waals surface area contributed by atoms with Gasteiger partial charge in [0, 0.05) is 12.8 Å². The molecule has 3 fully saturated rings. The Morgan fingerprint density at radius 2 is 2.07 bits per heavy atom. The van der Waals surface area contributed by atoms with Gasteiger partial charge in [0.2, 0.25) is 0 Å². The third-order valence-electron chi connectivity index (χ3n) is 8.26. The summed E-state index contributed by atoms with van der Waals surface area (Å²) in [5, 5.41) is 11.2. The zero-order valence-electron chi connectivity index (χ0n) is 17.6. The monoisotopic (exact) mass is 375 g/mol. The Morgan fingerprint density at radius 1 is 1.26 bits per heavy atom. The van der Waals surface area contributed by atoms with Gasteiger partial charge in [0.15, 0.2) is 0 Å². The summed E-state index contributed by atoms with van der Waals surface area (Å²) in [5.41, 5.74) is 7.43. The lowest BCUT2D eigenvalue weighted by Gasteiger charge is -2.57. The fraction of sp³-hybridized carbons (Fsp3) is 0.875. The first-order valence-corrected chi connectivity index (χ1v) is 11.6. The summed E-state index contributed by atoms with van der Waals surface area (Å²) in [6.45, 7) is 5.51. The van der Waals surface area contributed by atoms with E-state index in [9.17, 15) is 9.90 Å². The van der Waals surface area contributed by atoms with E-state index < -0.39 is 0 Å². The summed E-state index contributed by atoms with van der Waals surface area (Å²) in [7, 11) is 0. The zero-order chi connectivity index (χ0) is 19.4. The Hall–Kier alpha value is -0.670. The number of aliphatic hydroxyl groups is 1. The molecule has 0 spiro atoms. The molecule has 3 aliphatic rings. The van der Waals surface area contributed by atoms with Gasteiger partial charge >= 0.3 is 0 Å². The number of ketones is 1. The second-order valence-corrected chi connectivity index (χ2v) is 9.87. The fourth-order valence-electron chi connectivity index (χ4n) is 6.67. The molecule has 154 valence electrons. The van der Waals surface area contributed by atoms with Gasteiger partial charge in [-0.15, -0.1) is 0 Å². The maximum absolute atomic E-state index is 12.0. The molecule has 0 bridgehead atoms. The number of unbranched alkanes of at least 4 members (excludes halogenated alkanes) is 2. The number of hydrogen-bond donors (Lipinski definition) is 2. The number of carbonyl (C=O) groups excluding carboxylic acids is 1. The number of carbonyl (C=O) groups is 1. The van der Waals surface area contributed by atoms with Crippen LogP contribution in [0.15, 0.2) is 11.6 Å². The first-order valence-electron chi connectivity index (χ1n) is 11.6. The smallest absolute Gasteiger partial charge is 0.133 e. The van der Waals surface area contributed by atoms with Crippen LogP contribution < -0.4 is 5.73 Å². The van der Waals surface area contributed by atoms with Crippen LogP contribution in [0.4, 0.5) is 0 Å². The normalized spacial score (nSPS) is 41.1. The highest BCUT2D eigenvalue weighted by Crippen LogP contribution is 2.60. The van der Waals surface area contributed by atoms with Crippen molar-refractivity contribution >= 4 is 5.78 Å². The van der Waals surface area contributed by atoms with E-state index in [0.29, 0.717) is 29.5 Å². The fourth-order valence-corrected chi connectivity index (χ4v) is 6.67. The summed E-state index contributed by atoms with van der Waals surface area (Å²) in [5.74, 6) is 2.58. The molecule has 0 aromatic heterocycles. The third kappa shape index (κ3) is 4.50. The molecular weight excluding hydrogens is 334 g/mol. The molecule has 27 heavy (non-hydrogen) atoms. The van der Waals surface area contributed by atoms with E-state index in [4.69, 9.17) is 5.73 Å². The predicted octanol–water partition coefficient (Wildman–Crippen LogP) is 5.01. The molecule has 0 heterocycles. The van der Waals surface area contributed by atoms with E-state index in [1.165, 1.54) is 32.1 Å². The van der Waals surface area contributed by atoms with Crippen LogP contribution in [0.25, 0.3) is 0 Å². The number of hydrogen-bond acceptors (Lipinski definition) is 3. The van der Waals surface area contributed by atoms with Gasteiger partial charge in [-0.2, -0.15) is 0 Å². The van der Waals surface area contributed by atoms with Crippen LogP contribution in [0.1, 0.15) is 90.9 Å². The number of Topliss-reactive ketones (excluding diaryl/α,β-unsaturated/α-hetero) is 1. The predicted molar refractivity (Wildman–Crippen MR) is 111 cm³/mol. The maximum atomic E-state index is 12.0. The van der Waals surface area contributed by atoms with Crippen LogP contribution in [-0.4, -0.2) is 23.5 Å². The van der Waals surface area contributed by atoms with Gasteiger partial charge in [-0.3, -0.25) is 4.79 Å². The molecule has 3 aliphatic carbocycles. The minimum Gasteiger partial charge on any atom is -0.393 e. The molecule has 0 amide bonds. The standard InChI is InChI=1S/C24H41NO2/c1-3-4-8-21-20(18-9-10-19(26)15-18)16-23(27)22-14-17(7-5-6-13-25)11-12-24(21,22)2/h7,18,20-23,27H,3-6,8-16,25H2,1-2H3/b17-7+/t18?,20?,21?,22?,23-,24+/m0/s1. The van der Waals surface area contributed by atoms with Gasteiger partial charge < -0.3 is 10.8 Å². The van der Waals surface area contributed by atoms with Crippen molar-refractivity contribution in [2.45, 2.75) is 97.0 Å². The van der Waals surface area contributed by atoms with Crippen molar-refractivity contribution in [2.75, 3.05) is 6.54 Å². The maximum Gasteiger partial charge on any atom is 0.133 e. The Labute approximate surface area is 166 Å². The second-order valence-electron chi connectivity index (χ2n) is 9.87. The van der Waals surface area contributed by atoms with E-state index in [0.717, 1.165) is 51.5 Å². The Bertz CT molecular complexity index is 542. The molecule has 0 aromatic carbocycles. The van der Waals surface area contributed by atoms with Gasteiger partial charge in [-0.25, -0.2) is 0 Å². The SMILES string of the molecule is CCCCC1C(C2CCC(=O)C2)C[C@H](O)C2C/C(=C/CCCN)CC[C@]12C. The van der Waals surface area contributed by atoms with Gasteiger partial charge in [0.25, 0.3) is 0 Å². The van der Waals surface area contributed by atoms with Crippen LogP contribution >= 0.6 is 0 Å². The highest BCUT2D eigenvalue weighted by Gasteiger charge is 2.54. The van der Waals surface area contributed by atoms with Gasteiger partial charge in [-0.1, -0.05) is 38.3 Å². The van der Waals surface area contributed by atoms with Crippen molar-refractivity contribution in [2.24, 2.45) is 34.8 Å². The summed E-state index contributed by atoms with van der Waals surface area (Å²) in [6, 6.07) is 0. The van der Waals surface area contributed by atoms with Gasteiger partial charge in [0.1, 0.15) is 5.78 Å². The van der Waals surface area contributed by atoms with E-state index in [2.05, 4.69) is 19.9 Å². The minimum atomic E-state index is -0.202. The van der Waals surface area contributed by atoms with Crippen molar-refractivity contribution in [3.63, 3.8) is 0 Å². The number of fused-ring (bicyclic) bond motifs is 1. The lowest BCUT2D eigenvalue weighted by atomic mass is 9.48. The summed E-state index contributed by atoms with van der Waals surface area (Å²) in [4.78, 5) is 12.0. The Morgan fingerprint density at radius 3 is 2.74 bits per heavy atom. The van der Waals surface area contributed by atoms with Crippen LogP contribution in [0.3, 0.4) is 0 Å². The van der Waals surface area contributed by atoms with E-state index in [1.54, 1.807) is 5.57 Å². The number of allylic oxidation sites excluding steroid dienone is 2. The second kappa shape index (κ2) is 9.22. The molecule has 3 nitrogen and oxygen atoms in total. The third-order valence-corrected chi connectivity index (χ3v) is 8.26. The lowest BCUT2D eigenvalue weighted by Crippen LogP contribution is -2.53. The summed E-state index contributed by atoms with van der Waals surface area (Å²) in [6.07, 6.45) is 15.1. The molecule has 0 radical (unpaired) electrons. The zero-order valence-corrected chi connectivity index (χ0v) is 17.6. The van der Waals surface area contributed by atoms with Crippen molar-refractivity contribution in [1.29, 1.82) is 0 Å². The molecule has 4 unspecified atom stereocenters. The van der Waals surface area contributed by atoms with Crippen LogP contribution in [0, 0.1) is 29.1 Å². The highest BCUT2D eigenvalue weighted by molar-refractivity contribution is 5.80. The van der Waals surface area contributed by atoms with E-state index >= 15 is 0 Å². The lowest BCUT2D eigenvalue weighted by molar-refractivity contribution is -0.123. The molecule has 0 aromatic rings. The molecule has 3 rings (SSSR count). The van der Waals surface area contributed by atoms with Crippen molar-refractivity contribution < 1.29 is 9.90 Å².